The first-order valence-corrected chi connectivity index (χ1v) is 8.92. The second kappa shape index (κ2) is 6.96. The lowest BCUT2D eigenvalue weighted by atomic mass is 10.1. The summed E-state index contributed by atoms with van der Waals surface area (Å²) in [6, 6.07) is 13.4. The predicted molar refractivity (Wildman–Crippen MR) is 103 cm³/mol. The second-order valence-electron chi connectivity index (χ2n) is 6.17. The summed E-state index contributed by atoms with van der Waals surface area (Å²) in [6.45, 7) is 2.59. The molecule has 5 nitrogen and oxygen atoms in total. The van der Waals surface area contributed by atoms with Gasteiger partial charge in [-0.2, -0.15) is 0 Å². The second-order valence-corrected chi connectivity index (χ2v) is 6.61. The molecule has 0 aliphatic heterocycles. The lowest BCUT2D eigenvalue weighted by Crippen LogP contribution is -2.13. The number of rotatable bonds is 4. The van der Waals surface area contributed by atoms with E-state index in [9.17, 15) is 9.18 Å². The summed E-state index contributed by atoms with van der Waals surface area (Å²) in [4.78, 5) is 24.5. The summed E-state index contributed by atoms with van der Waals surface area (Å²) in [6.07, 6.45) is 0.399. The van der Waals surface area contributed by atoms with Crippen molar-refractivity contribution < 1.29 is 4.39 Å². The average molecular weight is 383 g/mol. The molecule has 4 aromatic rings. The molecule has 2 aromatic carbocycles. The SMILES string of the molecule is CCn1c(-c2ccc(Cl)cc2)nc2c(=O)[nH]c(Cc3ccc(F)cc3)nc21. The Balaban J connectivity index is 1.82. The average Bonchev–Trinajstić information content (AvgIpc) is 3.03. The molecular formula is C20H16ClFN4O. The largest absolute Gasteiger partial charge is 0.309 e. The fraction of sp³-hybridized carbons (Fsp3) is 0.150. The minimum absolute atomic E-state index is 0.292. The van der Waals surface area contributed by atoms with Crippen molar-refractivity contribution in [2.45, 2.75) is 19.9 Å². The molecular weight excluding hydrogens is 367 g/mol. The van der Waals surface area contributed by atoms with Crippen LogP contribution in [0.25, 0.3) is 22.6 Å². The first-order valence-electron chi connectivity index (χ1n) is 8.55. The highest BCUT2D eigenvalue weighted by molar-refractivity contribution is 6.30. The molecule has 136 valence electrons. The lowest BCUT2D eigenvalue weighted by Gasteiger charge is -2.06. The molecule has 0 saturated heterocycles. The Morgan fingerprint density at radius 2 is 1.78 bits per heavy atom. The van der Waals surface area contributed by atoms with Gasteiger partial charge in [0.2, 0.25) is 0 Å². The molecule has 27 heavy (non-hydrogen) atoms. The highest BCUT2D eigenvalue weighted by Gasteiger charge is 2.16. The molecule has 2 aromatic heterocycles. The number of aromatic nitrogens is 4. The molecule has 1 N–H and O–H groups in total. The van der Waals surface area contributed by atoms with Gasteiger partial charge in [0.1, 0.15) is 17.5 Å². The molecule has 0 fully saturated rings. The van der Waals surface area contributed by atoms with Crippen molar-refractivity contribution in [1.29, 1.82) is 0 Å². The van der Waals surface area contributed by atoms with Gasteiger partial charge in [0.15, 0.2) is 11.2 Å². The first-order chi connectivity index (χ1) is 13.0. The number of nitrogens with zero attached hydrogens (tertiary/aromatic N) is 3. The van der Waals surface area contributed by atoms with Crippen LogP contribution in [-0.2, 0) is 13.0 Å². The van der Waals surface area contributed by atoms with Crippen molar-refractivity contribution in [3.8, 4) is 11.4 Å². The monoisotopic (exact) mass is 382 g/mol. The number of H-pyrrole nitrogens is 1. The van der Waals surface area contributed by atoms with Gasteiger partial charge in [-0.25, -0.2) is 14.4 Å². The van der Waals surface area contributed by atoms with Gasteiger partial charge in [-0.1, -0.05) is 23.7 Å². The molecule has 0 atom stereocenters. The number of aryl methyl sites for hydroxylation is 1. The third-order valence-corrected chi connectivity index (χ3v) is 4.61. The molecule has 2 heterocycles. The van der Waals surface area contributed by atoms with E-state index < -0.39 is 0 Å². The van der Waals surface area contributed by atoms with Gasteiger partial charge < -0.3 is 9.55 Å². The van der Waals surface area contributed by atoms with Crippen molar-refractivity contribution in [1.82, 2.24) is 19.5 Å². The van der Waals surface area contributed by atoms with Crippen molar-refractivity contribution in [2.24, 2.45) is 0 Å². The number of hydrogen-bond donors (Lipinski definition) is 1. The van der Waals surface area contributed by atoms with Crippen LogP contribution in [0.2, 0.25) is 5.02 Å². The Labute approximate surface area is 159 Å². The van der Waals surface area contributed by atoms with E-state index in [1.54, 1.807) is 24.3 Å². The minimum Gasteiger partial charge on any atom is -0.309 e. The number of benzene rings is 2. The Kier molecular flexibility index (Phi) is 4.49. The van der Waals surface area contributed by atoms with E-state index in [1.165, 1.54) is 12.1 Å². The number of fused-ring (bicyclic) bond motifs is 1. The Hall–Kier alpha value is -2.99. The summed E-state index contributed by atoms with van der Waals surface area (Å²) in [5.41, 5.74) is 2.26. The van der Waals surface area contributed by atoms with Gasteiger partial charge in [0.05, 0.1) is 0 Å². The Bertz CT molecular complexity index is 1160. The Morgan fingerprint density at radius 1 is 1.07 bits per heavy atom. The minimum atomic E-state index is -0.299. The molecule has 0 aliphatic rings. The molecule has 0 radical (unpaired) electrons. The van der Waals surface area contributed by atoms with E-state index in [1.807, 2.05) is 23.6 Å². The van der Waals surface area contributed by atoms with E-state index in [0.29, 0.717) is 40.8 Å². The highest BCUT2D eigenvalue weighted by Crippen LogP contribution is 2.24. The number of halogens is 2. The van der Waals surface area contributed by atoms with Crippen LogP contribution in [0.15, 0.2) is 53.3 Å². The summed E-state index contributed by atoms with van der Waals surface area (Å²) < 4.78 is 15.0. The number of aromatic amines is 1. The maximum atomic E-state index is 13.1. The Morgan fingerprint density at radius 3 is 2.44 bits per heavy atom. The van der Waals surface area contributed by atoms with Crippen LogP contribution in [0.1, 0.15) is 18.3 Å². The smallest absolute Gasteiger partial charge is 0.279 e. The molecule has 0 unspecified atom stereocenters. The van der Waals surface area contributed by atoms with Crippen LogP contribution in [-0.4, -0.2) is 19.5 Å². The maximum Gasteiger partial charge on any atom is 0.279 e. The zero-order valence-corrected chi connectivity index (χ0v) is 15.3. The molecule has 0 amide bonds. The zero-order valence-electron chi connectivity index (χ0n) is 14.5. The fourth-order valence-electron chi connectivity index (χ4n) is 3.05. The van der Waals surface area contributed by atoms with Crippen LogP contribution in [0, 0.1) is 5.82 Å². The van der Waals surface area contributed by atoms with E-state index in [0.717, 1.165) is 11.1 Å². The number of nitrogens with one attached hydrogen (secondary N) is 1. The standard InChI is InChI=1S/C20H16ClFN4O/c1-2-26-18(13-5-7-14(21)8-6-13)25-17-19(26)23-16(24-20(17)27)11-12-3-9-15(22)10-4-12/h3-10H,2,11H2,1H3,(H,23,24,27). The van der Waals surface area contributed by atoms with Crippen LogP contribution in [0.3, 0.4) is 0 Å². The summed E-state index contributed by atoms with van der Waals surface area (Å²) in [5.74, 6) is 0.879. The van der Waals surface area contributed by atoms with E-state index in [2.05, 4.69) is 15.0 Å². The van der Waals surface area contributed by atoms with Gasteiger partial charge in [0.25, 0.3) is 5.56 Å². The van der Waals surface area contributed by atoms with Crippen LogP contribution in [0.5, 0.6) is 0 Å². The molecule has 0 saturated carbocycles. The molecule has 0 bridgehead atoms. The number of imidazole rings is 1. The van der Waals surface area contributed by atoms with Gasteiger partial charge in [-0.15, -0.1) is 0 Å². The number of hydrogen-bond acceptors (Lipinski definition) is 3. The highest BCUT2D eigenvalue weighted by atomic mass is 35.5. The van der Waals surface area contributed by atoms with Gasteiger partial charge in [0, 0.05) is 23.6 Å². The topological polar surface area (TPSA) is 63.6 Å². The van der Waals surface area contributed by atoms with Crippen LogP contribution in [0.4, 0.5) is 4.39 Å². The predicted octanol–water partition coefficient (Wildman–Crippen LogP) is 4.19. The van der Waals surface area contributed by atoms with Gasteiger partial charge >= 0.3 is 0 Å². The summed E-state index contributed by atoms with van der Waals surface area (Å²) >= 11 is 5.97. The van der Waals surface area contributed by atoms with Crippen molar-refractivity contribution in [2.75, 3.05) is 0 Å². The molecule has 7 heteroatoms. The van der Waals surface area contributed by atoms with E-state index in [-0.39, 0.29) is 11.4 Å². The third kappa shape index (κ3) is 3.36. The molecule has 0 aliphatic carbocycles. The van der Waals surface area contributed by atoms with Crippen molar-refractivity contribution in [3.05, 3.63) is 81.1 Å². The molecule has 0 spiro atoms. The maximum absolute atomic E-state index is 13.1. The zero-order chi connectivity index (χ0) is 19.0. The first kappa shape index (κ1) is 17.4. The van der Waals surface area contributed by atoms with Crippen molar-refractivity contribution in [3.63, 3.8) is 0 Å². The van der Waals surface area contributed by atoms with Gasteiger partial charge in [-0.3, -0.25) is 4.79 Å². The summed E-state index contributed by atoms with van der Waals surface area (Å²) in [5, 5.41) is 0.635. The quantitative estimate of drug-likeness (QED) is 0.575. The third-order valence-electron chi connectivity index (χ3n) is 4.36. The van der Waals surface area contributed by atoms with Gasteiger partial charge in [-0.05, 0) is 48.9 Å². The fourth-order valence-corrected chi connectivity index (χ4v) is 3.18. The van der Waals surface area contributed by atoms with E-state index in [4.69, 9.17) is 11.6 Å². The lowest BCUT2D eigenvalue weighted by molar-refractivity contribution is 0.627. The summed E-state index contributed by atoms with van der Waals surface area (Å²) in [7, 11) is 0. The van der Waals surface area contributed by atoms with E-state index >= 15 is 0 Å². The van der Waals surface area contributed by atoms with Crippen LogP contribution >= 0.6 is 11.6 Å². The normalized spacial score (nSPS) is 11.2. The van der Waals surface area contributed by atoms with Crippen molar-refractivity contribution >= 4 is 22.8 Å². The molecule has 4 rings (SSSR count). The van der Waals surface area contributed by atoms with Crippen LogP contribution < -0.4 is 5.56 Å².